The van der Waals surface area contributed by atoms with E-state index in [2.05, 4.69) is 47.2 Å². The van der Waals surface area contributed by atoms with Crippen LogP contribution in [-0.4, -0.2) is 48.9 Å². The van der Waals surface area contributed by atoms with Crippen LogP contribution in [-0.2, 0) is 40.7 Å². The molecule has 44 heavy (non-hydrogen) atoms. The topological polar surface area (TPSA) is 92.7 Å². The fourth-order valence-corrected chi connectivity index (χ4v) is 8.13. The molecule has 0 saturated heterocycles. The summed E-state index contributed by atoms with van der Waals surface area (Å²) in [5.74, 6) is 0.592. The van der Waals surface area contributed by atoms with Crippen molar-refractivity contribution in [1.29, 1.82) is 0 Å². The molecule has 3 aromatic carbocycles. The molecule has 8 nitrogen and oxygen atoms in total. The number of fused-ring (bicyclic) bond motifs is 3. The van der Waals surface area contributed by atoms with Crippen molar-refractivity contribution in [3.05, 3.63) is 95.3 Å². The summed E-state index contributed by atoms with van der Waals surface area (Å²) >= 11 is 0. The minimum Gasteiger partial charge on any atom is -0.497 e. The molecular weight excluding hydrogens is 572 g/mol. The molecule has 2 N–H and O–H groups in total. The average Bonchev–Trinajstić information content (AvgIpc) is 3.52. The second kappa shape index (κ2) is 12.8. The zero-order valence-electron chi connectivity index (χ0n) is 25.8. The first kappa shape index (κ1) is 30.4. The Kier molecular flexibility index (Phi) is 8.80. The molecule has 0 saturated carbocycles. The molecule has 4 aromatic rings. The first-order valence-electron chi connectivity index (χ1n) is 15.6. The number of aryl methyl sites for hydroxylation is 1. The van der Waals surface area contributed by atoms with Crippen molar-refractivity contribution in [2.45, 2.75) is 82.1 Å². The fourth-order valence-electron chi connectivity index (χ4n) is 6.50. The van der Waals surface area contributed by atoms with Gasteiger partial charge < -0.3 is 19.9 Å². The zero-order valence-corrected chi connectivity index (χ0v) is 26.6. The van der Waals surface area contributed by atoms with E-state index in [9.17, 15) is 13.2 Å². The van der Waals surface area contributed by atoms with Gasteiger partial charge in [-0.1, -0.05) is 37.3 Å². The lowest BCUT2D eigenvalue weighted by Crippen LogP contribution is -2.45. The van der Waals surface area contributed by atoms with Crippen LogP contribution in [0, 0.1) is 0 Å². The molecule has 2 aliphatic rings. The van der Waals surface area contributed by atoms with Crippen molar-refractivity contribution in [2.24, 2.45) is 0 Å². The van der Waals surface area contributed by atoms with Gasteiger partial charge in [0.1, 0.15) is 5.75 Å². The van der Waals surface area contributed by atoms with Crippen LogP contribution in [0.15, 0.2) is 77.8 Å². The molecule has 0 fully saturated rings. The molecule has 1 aromatic heterocycles. The molecular formula is C35H42N4O4S. The third-order valence-electron chi connectivity index (χ3n) is 9.25. The summed E-state index contributed by atoms with van der Waals surface area (Å²) in [5.41, 5.74) is 4.76. The number of rotatable bonds is 10. The highest BCUT2D eigenvalue weighted by atomic mass is 32.2. The molecule has 2 heterocycles. The molecule has 1 aliphatic heterocycles. The third kappa shape index (κ3) is 6.27. The van der Waals surface area contributed by atoms with E-state index in [4.69, 9.17) is 4.74 Å². The largest absolute Gasteiger partial charge is 0.497 e. The summed E-state index contributed by atoms with van der Waals surface area (Å²) in [6, 6.07) is 21.2. The quantitative estimate of drug-likeness (QED) is 0.251. The van der Waals surface area contributed by atoms with Crippen molar-refractivity contribution < 1.29 is 17.9 Å². The van der Waals surface area contributed by atoms with Gasteiger partial charge >= 0.3 is 0 Å². The Morgan fingerprint density at radius 1 is 1.02 bits per heavy atom. The lowest BCUT2D eigenvalue weighted by molar-refractivity contribution is -0.123. The second-order valence-corrected chi connectivity index (χ2v) is 14.0. The number of hydrogen-bond donors (Lipinski definition) is 2. The highest BCUT2D eigenvalue weighted by Crippen LogP contribution is 2.35. The molecule has 1 aliphatic carbocycles. The van der Waals surface area contributed by atoms with Gasteiger partial charge in [0.05, 0.1) is 18.0 Å². The number of nitrogens with zero attached hydrogens (tertiary/aromatic N) is 2. The molecule has 232 valence electrons. The SMILES string of the molecule is CCC(C)NCc1ccc2c(c1)CCC(NC(=O)CC1c3cccn3CCN1S(=O)(=O)c1ccc3cc(OC)ccc3c1)C2. The lowest BCUT2D eigenvalue weighted by Gasteiger charge is -2.36. The zero-order chi connectivity index (χ0) is 30.8. The van der Waals surface area contributed by atoms with Crippen molar-refractivity contribution in [3.63, 3.8) is 0 Å². The number of hydrogen-bond acceptors (Lipinski definition) is 5. The van der Waals surface area contributed by atoms with Crippen molar-refractivity contribution in [2.75, 3.05) is 13.7 Å². The molecule has 0 spiro atoms. The van der Waals surface area contributed by atoms with Gasteiger partial charge in [0, 0.05) is 50.0 Å². The molecule has 3 atom stereocenters. The lowest BCUT2D eigenvalue weighted by atomic mass is 9.87. The Morgan fingerprint density at radius 2 is 1.84 bits per heavy atom. The smallest absolute Gasteiger partial charge is 0.243 e. The van der Waals surface area contributed by atoms with E-state index in [1.165, 1.54) is 21.0 Å². The van der Waals surface area contributed by atoms with Crippen LogP contribution < -0.4 is 15.4 Å². The maximum atomic E-state index is 14.1. The molecule has 0 bridgehead atoms. The van der Waals surface area contributed by atoms with E-state index in [0.29, 0.717) is 19.1 Å². The van der Waals surface area contributed by atoms with E-state index in [1.807, 2.05) is 42.6 Å². The van der Waals surface area contributed by atoms with Gasteiger partial charge in [0.15, 0.2) is 0 Å². The molecule has 1 amide bonds. The Morgan fingerprint density at radius 3 is 2.66 bits per heavy atom. The third-order valence-corrected chi connectivity index (χ3v) is 11.2. The predicted octanol–water partition coefficient (Wildman–Crippen LogP) is 5.35. The number of carbonyl (C=O) groups is 1. The summed E-state index contributed by atoms with van der Waals surface area (Å²) in [5, 5.41) is 8.53. The summed E-state index contributed by atoms with van der Waals surface area (Å²) in [7, 11) is -2.26. The van der Waals surface area contributed by atoms with Gasteiger partial charge in [0.25, 0.3) is 0 Å². The molecule has 3 unspecified atom stereocenters. The molecule has 6 rings (SSSR count). The fraction of sp³-hybridized carbons (Fsp3) is 0.400. The number of benzene rings is 3. The van der Waals surface area contributed by atoms with Crippen LogP contribution in [0.5, 0.6) is 5.75 Å². The Balaban J connectivity index is 1.17. The number of amides is 1. The van der Waals surface area contributed by atoms with E-state index in [0.717, 1.165) is 54.4 Å². The first-order chi connectivity index (χ1) is 21.2. The Bertz CT molecular complexity index is 1770. The van der Waals surface area contributed by atoms with Gasteiger partial charge in [-0.3, -0.25) is 4.79 Å². The Hall–Kier alpha value is -3.66. The maximum absolute atomic E-state index is 14.1. The van der Waals surface area contributed by atoms with E-state index in [-0.39, 0.29) is 23.3 Å². The normalized spacial score (nSPS) is 19.2. The standard InChI is InChI=1S/C35H42N4O4S/c1-4-24(2)36-23-25-7-8-27-19-30(12-9-26(27)18-25)37-35(40)22-34-33-6-5-15-38(33)16-17-39(34)44(41,42)32-14-11-28-20-31(43-3)13-10-29(28)21-32/h5-8,10-11,13-15,18,20-21,24,30,34,36H,4,9,12,16-17,19,22-23H2,1-3H3,(H,37,40). The molecule has 9 heteroatoms. The minimum atomic E-state index is -3.87. The van der Waals surface area contributed by atoms with Crippen molar-refractivity contribution in [1.82, 2.24) is 19.5 Å². The Labute approximate surface area is 260 Å². The van der Waals surface area contributed by atoms with Crippen LogP contribution in [0.4, 0.5) is 0 Å². The minimum absolute atomic E-state index is 0.0250. The maximum Gasteiger partial charge on any atom is 0.243 e. The number of ether oxygens (including phenoxy) is 1. The van der Waals surface area contributed by atoms with E-state index in [1.54, 1.807) is 19.2 Å². The first-order valence-corrected chi connectivity index (χ1v) is 17.1. The van der Waals surface area contributed by atoms with Crippen LogP contribution in [0.2, 0.25) is 0 Å². The van der Waals surface area contributed by atoms with Gasteiger partial charge in [-0.15, -0.1) is 0 Å². The predicted molar refractivity (Wildman–Crippen MR) is 173 cm³/mol. The van der Waals surface area contributed by atoms with Crippen LogP contribution in [0.25, 0.3) is 10.8 Å². The van der Waals surface area contributed by atoms with Crippen molar-refractivity contribution in [3.8, 4) is 5.75 Å². The van der Waals surface area contributed by atoms with Crippen LogP contribution in [0.3, 0.4) is 0 Å². The summed E-state index contributed by atoms with van der Waals surface area (Å²) < 4.78 is 37.1. The number of aromatic nitrogens is 1. The van der Waals surface area contributed by atoms with Gasteiger partial charge in [-0.25, -0.2) is 8.42 Å². The average molecular weight is 615 g/mol. The van der Waals surface area contributed by atoms with Crippen LogP contribution >= 0.6 is 0 Å². The van der Waals surface area contributed by atoms with Crippen LogP contribution in [0.1, 0.15) is 61.5 Å². The van der Waals surface area contributed by atoms with Crippen molar-refractivity contribution >= 4 is 26.7 Å². The summed E-state index contributed by atoms with van der Waals surface area (Å²) in [6.45, 7) is 6.09. The monoisotopic (exact) mass is 614 g/mol. The van der Waals surface area contributed by atoms with E-state index >= 15 is 0 Å². The summed E-state index contributed by atoms with van der Waals surface area (Å²) in [4.78, 5) is 13.8. The highest BCUT2D eigenvalue weighted by molar-refractivity contribution is 7.89. The summed E-state index contributed by atoms with van der Waals surface area (Å²) in [6.07, 6.45) is 5.69. The van der Waals surface area contributed by atoms with Gasteiger partial charge in [-0.05, 0) is 96.5 Å². The number of sulfonamides is 1. The number of nitrogens with one attached hydrogen (secondary N) is 2. The highest BCUT2D eigenvalue weighted by Gasteiger charge is 2.38. The van der Waals surface area contributed by atoms with E-state index < -0.39 is 16.1 Å². The number of carbonyl (C=O) groups excluding carboxylic acids is 1. The number of methoxy groups -OCH3 is 1. The van der Waals surface area contributed by atoms with Gasteiger partial charge in [-0.2, -0.15) is 4.31 Å². The molecule has 0 radical (unpaired) electrons. The van der Waals surface area contributed by atoms with Gasteiger partial charge in [0.2, 0.25) is 15.9 Å². The second-order valence-electron chi connectivity index (χ2n) is 12.1.